The minimum Gasteiger partial charge on any atom is -0.351 e. The first-order chi connectivity index (χ1) is 9.77. The third kappa shape index (κ3) is 7.06. The highest BCUT2D eigenvalue weighted by Crippen LogP contribution is 2.07. The fourth-order valence-electron chi connectivity index (χ4n) is 2.10. The SMILES string of the molecule is CCCCN(CCCC)CCCNC(=O)c1cccs1. The lowest BCUT2D eigenvalue weighted by atomic mass is 10.2. The van der Waals surface area contributed by atoms with Crippen molar-refractivity contribution in [1.29, 1.82) is 0 Å². The zero-order chi connectivity index (χ0) is 14.6. The molecular formula is C16H28N2OS. The Balaban J connectivity index is 2.17. The maximum Gasteiger partial charge on any atom is 0.261 e. The van der Waals surface area contributed by atoms with Crippen LogP contribution < -0.4 is 5.32 Å². The molecule has 0 saturated heterocycles. The molecule has 0 atom stereocenters. The Labute approximate surface area is 127 Å². The molecule has 1 heterocycles. The third-order valence-electron chi connectivity index (χ3n) is 3.34. The fourth-order valence-corrected chi connectivity index (χ4v) is 2.74. The van der Waals surface area contributed by atoms with Crippen LogP contribution >= 0.6 is 11.3 Å². The minimum atomic E-state index is 0.0636. The number of unbranched alkanes of at least 4 members (excludes halogenated alkanes) is 2. The average Bonchev–Trinajstić information content (AvgIpc) is 2.99. The molecule has 0 aliphatic heterocycles. The van der Waals surface area contributed by atoms with Crippen LogP contribution in [-0.4, -0.2) is 37.0 Å². The number of rotatable bonds is 11. The molecule has 4 heteroatoms. The summed E-state index contributed by atoms with van der Waals surface area (Å²) in [6, 6.07) is 3.78. The maximum absolute atomic E-state index is 11.8. The number of hydrogen-bond acceptors (Lipinski definition) is 3. The molecule has 0 fully saturated rings. The average molecular weight is 296 g/mol. The Morgan fingerprint density at radius 1 is 1.15 bits per heavy atom. The summed E-state index contributed by atoms with van der Waals surface area (Å²) in [7, 11) is 0. The number of nitrogens with zero attached hydrogens (tertiary/aromatic N) is 1. The summed E-state index contributed by atoms with van der Waals surface area (Å²) >= 11 is 1.50. The predicted molar refractivity (Wildman–Crippen MR) is 87.5 cm³/mol. The standard InChI is InChI=1S/C16H28N2OS/c1-3-5-11-18(12-6-4-2)13-8-10-17-16(19)15-9-7-14-20-15/h7,9,14H,3-6,8,10-13H2,1-2H3,(H,17,19). The topological polar surface area (TPSA) is 32.3 Å². The van der Waals surface area contributed by atoms with Crippen molar-refractivity contribution in [3.05, 3.63) is 22.4 Å². The van der Waals surface area contributed by atoms with E-state index >= 15 is 0 Å². The van der Waals surface area contributed by atoms with Crippen LogP contribution in [0.2, 0.25) is 0 Å². The van der Waals surface area contributed by atoms with E-state index in [1.807, 2.05) is 17.5 Å². The smallest absolute Gasteiger partial charge is 0.261 e. The Morgan fingerprint density at radius 2 is 1.80 bits per heavy atom. The van der Waals surface area contributed by atoms with E-state index in [0.717, 1.165) is 24.4 Å². The Hall–Kier alpha value is -0.870. The van der Waals surface area contributed by atoms with E-state index < -0.39 is 0 Å². The molecule has 0 radical (unpaired) electrons. The number of amides is 1. The normalized spacial score (nSPS) is 10.9. The zero-order valence-corrected chi connectivity index (χ0v) is 13.7. The van der Waals surface area contributed by atoms with Gasteiger partial charge in [0.1, 0.15) is 0 Å². The molecule has 1 N–H and O–H groups in total. The number of carbonyl (C=O) groups is 1. The summed E-state index contributed by atoms with van der Waals surface area (Å²) in [5.74, 6) is 0.0636. The summed E-state index contributed by atoms with van der Waals surface area (Å²) in [6.07, 6.45) is 6.07. The lowest BCUT2D eigenvalue weighted by molar-refractivity contribution is 0.0955. The van der Waals surface area contributed by atoms with Crippen LogP contribution in [0.1, 0.15) is 55.6 Å². The van der Waals surface area contributed by atoms with Gasteiger partial charge in [0, 0.05) is 6.54 Å². The molecular weight excluding hydrogens is 268 g/mol. The van der Waals surface area contributed by atoms with Crippen LogP contribution in [0.25, 0.3) is 0 Å². The van der Waals surface area contributed by atoms with Gasteiger partial charge >= 0.3 is 0 Å². The van der Waals surface area contributed by atoms with Gasteiger partial charge in [-0.3, -0.25) is 4.79 Å². The first-order valence-electron chi connectivity index (χ1n) is 7.82. The number of nitrogens with one attached hydrogen (secondary N) is 1. The first kappa shape index (κ1) is 17.2. The second-order valence-electron chi connectivity index (χ2n) is 5.14. The largest absolute Gasteiger partial charge is 0.351 e. The summed E-state index contributed by atoms with van der Waals surface area (Å²) in [6.45, 7) is 8.71. The zero-order valence-electron chi connectivity index (χ0n) is 12.9. The second-order valence-corrected chi connectivity index (χ2v) is 6.08. The molecule has 114 valence electrons. The number of carbonyl (C=O) groups excluding carboxylic acids is 1. The van der Waals surface area contributed by atoms with Crippen LogP contribution in [0.4, 0.5) is 0 Å². The minimum absolute atomic E-state index is 0.0636. The second kappa shape index (κ2) is 10.9. The molecule has 0 aliphatic rings. The summed E-state index contributed by atoms with van der Waals surface area (Å²) in [4.78, 5) is 15.1. The molecule has 0 aliphatic carbocycles. The highest BCUT2D eigenvalue weighted by atomic mass is 32.1. The molecule has 1 aromatic heterocycles. The fraction of sp³-hybridized carbons (Fsp3) is 0.688. The van der Waals surface area contributed by atoms with Gasteiger partial charge in [-0.1, -0.05) is 32.8 Å². The van der Waals surface area contributed by atoms with Crippen molar-refractivity contribution >= 4 is 17.2 Å². The molecule has 1 rings (SSSR count). The molecule has 0 aromatic carbocycles. The quantitative estimate of drug-likeness (QED) is 0.630. The highest BCUT2D eigenvalue weighted by molar-refractivity contribution is 7.12. The molecule has 1 aromatic rings. The van der Waals surface area contributed by atoms with Gasteiger partial charge in [-0.05, 0) is 50.3 Å². The molecule has 0 spiro atoms. The highest BCUT2D eigenvalue weighted by Gasteiger charge is 2.06. The van der Waals surface area contributed by atoms with E-state index in [4.69, 9.17) is 0 Å². The van der Waals surface area contributed by atoms with Gasteiger partial charge in [-0.15, -0.1) is 11.3 Å². The Kier molecular flexibility index (Phi) is 9.33. The summed E-state index contributed by atoms with van der Waals surface area (Å²) in [5, 5.41) is 4.93. The summed E-state index contributed by atoms with van der Waals surface area (Å²) in [5.41, 5.74) is 0. The van der Waals surface area contributed by atoms with E-state index in [-0.39, 0.29) is 5.91 Å². The van der Waals surface area contributed by atoms with E-state index in [1.165, 1.54) is 50.1 Å². The van der Waals surface area contributed by atoms with Gasteiger partial charge in [0.25, 0.3) is 5.91 Å². The van der Waals surface area contributed by atoms with E-state index in [0.29, 0.717) is 0 Å². The number of thiophene rings is 1. The Morgan fingerprint density at radius 3 is 2.35 bits per heavy atom. The van der Waals surface area contributed by atoms with E-state index in [1.54, 1.807) is 0 Å². The van der Waals surface area contributed by atoms with Crippen LogP contribution in [0.5, 0.6) is 0 Å². The van der Waals surface area contributed by atoms with E-state index in [2.05, 4.69) is 24.1 Å². The van der Waals surface area contributed by atoms with Crippen molar-refractivity contribution in [3.8, 4) is 0 Å². The van der Waals surface area contributed by atoms with Crippen LogP contribution in [-0.2, 0) is 0 Å². The van der Waals surface area contributed by atoms with E-state index in [9.17, 15) is 4.79 Å². The molecule has 0 saturated carbocycles. The van der Waals surface area contributed by atoms with Crippen molar-refractivity contribution in [2.75, 3.05) is 26.2 Å². The predicted octanol–water partition coefficient (Wildman–Crippen LogP) is 3.77. The lowest BCUT2D eigenvalue weighted by Crippen LogP contribution is -2.31. The first-order valence-corrected chi connectivity index (χ1v) is 8.70. The van der Waals surface area contributed by atoms with Crippen LogP contribution in [0, 0.1) is 0 Å². The molecule has 1 amide bonds. The van der Waals surface area contributed by atoms with Gasteiger partial charge < -0.3 is 10.2 Å². The van der Waals surface area contributed by atoms with Crippen molar-refractivity contribution in [1.82, 2.24) is 10.2 Å². The van der Waals surface area contributed by atoms with Crippen molar-refractivity contribution in [3.63, 3.8) is 0 Å². The molecule has 0 bridgehead atoms. The number of hydrogen-bond donors (Lipinski definition) is 1. The van der Waals surface area contributed by atoms with Gasteiger partial charge in [0.2, 0.25) is 0 Å². The van der Waals surface area contributed by atoms with Crippen LogP contribution in [0.15, 0.2) is 17.5 Å². The molecule has 3 nitrogen and oxygen atoms in total. The van der Waals surface area contributed by atoms with Gasteiger partial charge in [-0.25, -0.2) is 0 Å². The van der Waals surface area contributed by atoms with Gasteiger partial charge in [0.05, 0.1) is 4.88 Å². The van der Waals surface area contributed by atoms with Crippen molar-refractivity contribution in [2.45, 2.75) is 46.0 Å². The molecule has 0 unspecified atom stereocenters. The maximum atomic E-state index is 11.8. The van der Waals surface area contributed by atoms with Crippen molar-refractivity contribution < 1.29 is 4.79 Å². The van der Waals surface area contributed by atoms with Crippen LogP contribution in [0.3, 0.4) is 0 Å². The van der Waals surface area contributed by atoms with Gasteiger partial charge in [-0.2, -0.15) is 0 Å². The Bertz CT molecular complexity index is 343. The van der Waals surface area contributed by atoms with Crippen molar-refractivity contribution in [2.24, 2.45) is 0 Å². The van der Waals surface area contributed by atoms with Gasteiger partial charge in [0.15, 0.2) is 0 Å². The lowest BCUT2D eigenvalue weighted by Gasteiger charge is -2.21. The summed E-state index contributed by atoms with van der Waals surface area (Å²) < 4.78 is 0. The molecule has 20 heavy (non-hydrogen) atoms. The monoisotopic (exact) mass is 296 g/mol. The third-order valence-corrected chi connectivity index (χ3v) is 4.21.